The monoisotopic (exact) mass is 307 g/mol. The summed E-state index contributed by atoms with van der Waals surface area (Å²) in [6.07, 6.45) is 1.72. The van der Waals surface area contributed by atoms with Gasteiger partial charge < -0.3 is 20.5 Å². The molecule has 0 aliphatic carbocycles. The van der Waals surface area contributed by atoms with Crippen LogP contribution in [0.25, 0.3) is 0 Å². The van der Waals surface area contributed by atoms with E-state index in [1.54, 1.807) is 18.3 Å². The SMILES string of the molecule is O=C(NCCOCCO)c1cccc(Nc2nccs2)c1. The molecule has 0 saturated heterocycles. The highest BCUT2D eigenvalue weighted by molar-refractivity contribution is 7.13. The molecule has 7 heteroatoms. The quantitative estimate of drug-likeness (QED) is 0.646. The van der Waals surface area contributed by atoms with Crippen LogP contribution in [-0.4, -0.2) is 42.4 Å². The predicted molar refractivity (Wildman–Crippen MR) is 82.1 cm³/mol. The second-order valence-corrected chi connectivity index (χ2v) is 5.03. The highest BCUT2D eigenvalue weighted by Gasteiger charge is 2.06. The lowest BCUT2D eigenvalue weighted by molar-refractivity contribution is 0.0838. The molecule has 0 aliphatic rings. The summed E-state index contributed by atoms with van der Waals surface area (Å²) < 4.78 is 5.08. The van der Waals surface area contributed by atoms with Gasteiger partial charge in [-0.3, -0.25) is 4.79 Å². The van der Waals surface area contributed by atoms with Gasteiger partial charge in [0.25, 0.3) is 5.91 Å². The maximum absolute atomic E-state index is 12.0. The Balaban J connectivity index is 1.86. The van der Waals surface area contributed by atoms with Crippen LogP contribution in [0.5, 0.6) is 0 Å². The number of anilines is 2. The molecule has 6 nitrogen and oxygen atoms in total. The van der Waals surface area contributed by atoms with Crippen LogP contribution < -0.4 is 10.6 Å². The normalized spacial score (nSPS) is 10.3. The highest BCUT2D eigenvalue weighted by atomic mass is 32.1. The zero-order valence-electron chi connectivity index (χ0n) is 11.4. The molecule has 1 aromatic heterocycles. The van der Waals surface area contributed by atoms with E-state index in [4.69, 9.17) is 9.84 Å². The lowest BCUT2D eigenvalue weighted by Crippen LogP contribution is -2.27. The largest absolute Gasteiger partial charge is 0.394 e. The number of nitrogens with one attached hydrogen (secondary N) is 2. The van der Waals surface area contributed by atoms with Crippen molar-refractivity contribution in [2.45, 2.75) is 0 Å². The molecule has 0 spiro atoms. The number of hydrogen-bond acceptors (Lipinski definition) is 6. The number of rotatable bonds is 8. The van der Waals surface area contributed by atoms with E-state index in [2.05, 4.69) is 15.6 Å². The molecule has 1 aromatic carbocycles. The number of carbonyl (C=O) groups excluding carboxylic acids is 1. The van der Waals surface area contributed by atoms with E-state index >= 15 is 0 Å². The van der Waals surface area contributed by atoms with Gasteiger partial charge in [-0.05, 0) is 18.2 Å². The molecule has 0 radical (unpaired) electrons. The maximum Gasteiger partial charge on any atom is 0.251 e. The molecule has 2 aromatic rings. The summed E-state index contributed by atoms with van der Waals surface area (Å²) >= 11 is 1.49. The van der Waals surface area contributed by atoms with Crippen molar-refractivity contribution in [2.75, 3.05) is 31.7 Å². The highest BCUT2D eigenvalue weighted by Crippen LogP contribution is 2.19. The first kappa shape index (κ1) is 15.4. The van der Waals surface area contributed by atoms with Gasteiger partial charge in [0.05, 0.1) is 19.8 Å². The molecular weight excluding hydrogens is 290 g/mol. The molecule has 2 rings (SSSR count). The van der Waals surface area contributed by atoms with Crippen molar-refractivity contribution in [3.8, 4) is 0 Å². The summed E-state index contributed by atoms with van der Waals surface area (Å²) in [5, 5.41) is 17.1. The number of ether oxygens (including phenoxy) is 1. The Kier molecular flexibility index (Phi) is 6.14. The fourth-order valence-electron chi connectivity index (χ4n) is 1.65. The van der Waals surface area contributed by atoms with E-state index in [0.717, 1.165) is 10.8 Å². The molecular formula is C14H17N3O3S. The third-order valence-electron chi connectivity index (χ3n) is 2.58. The van der Waals surface area contributed by atoms with Gasteiger partial charge in [-0.1, -0.05) is 6.07 Å². The number of benzene rings is 1. The second kappa shape index (κ2) is 8.35. The Bertz CT molecular complexity index is 560. The molecule has 0 atom stereocenters. The number of amides is 1. The smallest absolute Gasteiger partial charge is 0.251 e. The number of aromatic nitrogens is 1. The van der Waals surface area contributed by atoms with Crippen LogP contribution >= 0.6 is 11.3 Å². The van der Waals surface area contributed by atoms with Crippen LogP contribution in [0.4, 0.5) is 10.8 Å². The molecule has 0 unspecified atom stereocenters. The summed E-state index contributed by atoms with van der Waals surface area (Å²) in [7, 11) is 0. The summed E-state index contributed by atoms with van der Waals surface area (Å²) in [6.45, 7) is 1.05. The molecule has 1 heterocycles. The third-order valence-corrected chi connectivity index (χ3v) is 3.26. The van der Waals surface area contributed by atoms with Gasteiger partial charge in [0.1, 0.15) is 0 Å². The average Bonchev–Trinajstić information content (AvgIpc) is 3.00. The first-order chi connectivity index (χ1) is 10.3. The summed E-state index contributed by atoms with van der Waals surface area (Å²) in [4.78, 5) is 16.1. The number of nitrogens with zero attached hydrogens (tertiary/aromatic N) is 1. The van der Waals surface area contributed by atoms with Crippen molar-refractivity contribution < 1.29 is 14.6 Å². The second-order valence-electron chi connectivity index (χ2n) is 4.13. The van der Waals surface area contributed by atoms with Gasteiger partial charge in [0.2, 0.25) is 0 Å². The Hall–Kier alpha value is -1.96. The summed E-state index contributed by atoms with van der Waals surface area (Å²) in [5.74, 6) is -0.162. The zero-order valence-corrected chi connectivity index (χ0v) is 12.2. The van der Waals surface area contributed by atoms with Crippen molar-refractivity contribution in [3.63, 3.8) is 0 Å². The van der Waals surface area contributed by atoms with E-state index in [-0.39, 0.29) is 19.1 Å². The standard InChI is InChI=1S/C14H17N3O3S/c18-6-8-20-7-4-15-13(19)11-2-1-3-12(10-11)17-14-16-5-9-21-14/h1-3,5,9-10,18H,4,6-8H2,(H,15,19)(H,16,17). The molecule has 112 valence electrons. The van der Waals surface area contributed by atoms with Crippen molar-refractivity contribution >= 4 is 28.1 Å². The number of aliphatic hydroxyl groups is 1. The Morgan fingerprint density at radius 2 is 2.29 bits per heavy atom. The zero-order chi connectivity index (χ0) is 14.9. The lowest BCUT2D eigenvalue weighted by Gasteiger charge is -2.08. The first-order valence-corrected chi connectivity index (χ1v) is 7.41. The summed E-state index contributed by atoms with van der Waals surface area (Å²) in [6, 6.07) is 7.21. The van der Waals surface area contributed by atoms with E-state index < -0.39 is 0 Å². The topological polar surface area (TPSA) is 83.5 Å². The minimum Gasteiger partial charge on any atom is -0.394 e. The van der Waals surface area contributed by atoms with Crippen LogP contribution in [0, 0.1) is 0 Å². The summed E-state index contributed by atoms with van der Waals surface area (Å²) in [5.41, 5.74) is 1.38. The Labute approximate surface area is 126 Å². The van der Waals surface area contributed by atoms with Gasteiger partial charge in [0, 0.05) is 29.4 Å². The molecule has 1 amide bonds. The minimum atomic E-state index is -0.162. The third kappa shape index (κ3) is 5.14. The fraction of sp³-hybridized carbons (Fsp3) is 0.286. The van der Waals surface area contributed by atoms with E-state index in [9.17, 15) is 4.79 Å². The number of carbonyl (C=O) groups is 1. The van der Waals surface area contributed by atoms with Gasteiger partial charge in [-0.2, -0.15) is 0 Å². The van der Waals surface area contributed by atoms with Crippen molar-refractivity contribution in [1.29, 1.82) is 0 Å². The molecule has 0 fully saturated rings. The fourth-order valence-corrected chi connectivity index (χ4v) is 2.20. The molecule has 0 aliphatic heterocycles. The molecule has 3 N–H and O–H groups in total. The van der Waals surface area contributed by atoms with Crippen LogP contribution in [0.2, 0.25) is 0 Å². The predicted octanol–water partition coefficient (Wildman–Crippen LogP) is 1.63. The average molecular weight is 307 g/mol. The number of thiazole rings is 1. The van der Waals surface area contributed by atoms with Crippen LogP contribution in [0.1, 0.15) is 10.4 Å². The van der Waals surface area contributed by atoms with Gasteiger partial charge in [-0.15, -0.1) is 11.3 Å². The minimum absolute atomic E-state index is 0.0155. The van der Waals surface area contributed by atoms with Crippen molar-refractivity contribution in [2.24, 2.45) is 0 Å². The number of hydrogen-bond donors (Lipinski definition) is 3. The lowest BCUT2D eigenvalue weighted by atomic mass is 10.2. The van der Waals surface area contributed by atoms with Crippen molar-refractivity contribution in [3.05, 3.63) is 41.4 Å². The van der Waals surface area contributed by atoms with Crippen LogP contribution in [0.3, 0.4) is 0 Å². The van der Waals surface area contributed by atoms with E-state index in [0.29, 0.717) is 18.7 Å². The van der Waals surface area contributed by atoms with Crippen molar-refractivity contribution in [1.82, 2.24) is 10.3 Å². The van der Waals surface area contributed by atoms with Gasteiger partial charge in [-0.25, -0.2) is 4.98 Å². The Morgan fingerprint density at radius 3 is 3.05 bits per heavy atom. The molecule has 21 heavy (non-hydrogen) atoms. The molecule has 0 bridgehead atoms. The van der Waals surface area contributed by atoms with E-state index in [1.165, 1.54) is 11.3 Å². The van der Waals surface area contributed by atoms with Crippen LogP contribution in [0.15, 0.2) is 35.8 Å². The molecule has 0 saturated carbocycles. The van der Waals surface area contributed by atoms with Gasteiger partial charge >= 0.3 is 0 Å². The first-order valence-electron chi connectivity index (χ1n) is 6.53. The number of aliphatic hydroxyl groups excluding tert-OH is 1. The van der Waals surface area contributed by atoms with Gasteiger partial charge in [0.15, 0.2) is 5.13 Å². The van der Waals surface area contributed by atoms with Crippen LogP contribution in [-0.2, 0) is 4.74 Å². The maximum atomic E-state index is 12.0. The Morgan fingerprint density at radius 1 is 1.38 bits per heavy atom. The van der Waals surface area contributed by atoms with E-state index in [1.807, 2.05) is 17.5 Å².